The molecule has 0 bridgehead atoms. The molecule has 4 heteroatoms. The molecular formula is C41H26N2O2. The van der Waals surface area contributed by atoms with Gasteiger partial charge in [0.05, 0.1) is 21.9 Å². The Morgan fingerprint density at radius 2 is 1.31 bits per heavy atom. The summed E-state index contributed by atoms with van der Waals surface area (Å²) >= 11 is 0. The summed E-state index contributed by atoms with van der Waals surface area (Å²) in [5, 5.41) is 0.289. The summed E-state index contributed by atoms with van der Waals surface area (Å²) in [7, 11) is 0. The van der Waals surface area contributed by atoms with Crippen molar-refractivity contribution >= 4 is 60.9 Å². The van der Waals surface area contributed by atoms with Crippen molar-refractivity contribution in [2.45, 2.75) is 0 Å². The van der Waals surface area contributed by atoms with E-state index in [0.717, 1.165) is 4.90 Å². The SMILES string of the molecule is [2H]c1c([2H])c([2H])c(N(c2ccc3c(c2)oc2cccc(-c4nc5ccccc5o4)c23)c2c([2H])c([2H])c(-c3c([2H])c([2H])c4c([2H])c([2H])c([2H])c([2H])c4c3[2H])c([2H])c2[2H])c([2H])c1[2H]. The third kappa shape index (κ3) is 4.35. The molecule has 212 valence electrons. The Morgan fingerprint density at radius 1 is 0.556 bits per heavy atom. The Kier molecular flexibility index (Phi) is 3.21. The number of para-hydroxylation sites is 3. The number of nitrogens with zero attached hydrogens (tertiary/aromatic N) is 2. The third-order valence-corrected chi connectivity index (χ3v) is 7.31. The van der Waals surface area contributed by atoms with Crippen LogP contribution in [0.25, 0.3) is 66.4 Å². The van der Waals surface area contributed by atoms with Crippen LogP contribution in [0.3, 0.4) is 0 Å². The number of hydrogen-bond acceptors (Lipinski definition) is 4. The van der Waals surface area contributed by atoms with Crippen molar-refractivity contribution in [2.75, 3.05) is 4.90 Å². The Morgan fingerprint density at radius 3 is 2.18 bits per heavy atom. The number of oxazole rings is 1. The largest absolute Gasteiger partial charge is 0.456 e. The molecule has 0 saturated heterocycles. The Hall–Kier alpha value is -6.13. The first-order chi connectivity index (χ1) is 29.0. The lowest BCUT2D eigenvalue weighted by Gasteiger charge is -2.25. The van der Waals surface area contributed by atoms with E-state index in [1.165, 1.54) is 12.1 Å². The predicted molar refractivity (Wildman–Crippen MR) is 184 cm³/mol. The molecule has 2 aromatic heterocycles. The molecule has 0 aliphatic heterocycles. The summed E-state index contributed by atoms with van der Waals surface area (Å²) in [6.07, 6.45) is 0. The van der Waals surface area contributed by atoms with Crippen molar-refractivity contribution < 1.29 is 30.8 Å². The smallest absolute Gasteiger partial charge is 0.228 e. The number of aromatic nitrogens is 1. The summed E-state index contributed by atoms with van der Waals surface area (Å²) in [6.45, 7) is 0. The van der Waals surface area contributed by atoms with Crippen molar-refractivity contribution in [2.24, 2.45) is 0 Å². The zero-order chi connectivity index (χ0) is 43.7. The fraction of sp³-hybridized carbons (Fsp3) is 0. The molecule has 45 heavy (non-hydrogen) atoms. The lowest BCUT2D eigenvalue weighted by atomic mass is 10.0. The highest BCUT2D eigenvalue weighted by atomic mass is 16.3. The molecule has 0 N–H and O–H groups in total. The molecule has 0 saturated carbocycles. The van der Waals surface area contributed by atoms with Gasteiger partial charge in [-0.15, -0.1) is 0 Å². The fourth-order valence-electron chi connectivity index (χ4n) is 5.29. The van der Waals surface area contributed by atoms with E-state index in [-0.39, 0.29) is 11.3 Å². The number of anilines is 3. The van der Waals surface area contributed by atoms with Gasteiger partial charge in [-0.25, -0.2) is 4.98 Å². The van der Waals surface area contributed by atoms with Gasteiger partial charge >= 0.3 is 0 Å². The van der Waals surface area contributed by atoms with Crippen LogP contribution in [0.5, 0.6) is 0 Å². The van der Waals surface area contributed by atoms with Crippen LogP contribution in [0.1, 0.15) is 21.9 Å². The molecule has 9 rings (SSSR count). The van der Waals surface area contributed by atoms with Gasteiger partial charge in [0.15, 0.2) is 5.58 Å². The second kappa shape index (κ2) is 10.2. The minimum atomic E-state index is -0.845. The van der Waals surface area contributed by atoms with Crippen LogP contribution in [0.15, 0.2) is 166 Å². The van der Waals surface area contributed by atoms with Crippen molar-refractivity contribution in [1.82, 2.24) is 4.98 Å². The minimum absolute atomic E-state index is 0.000411. The highest BCUT2D eigenvalue weighted by molar-refractivity contribution is 6.12. The molecule has 9 aromatic rings. The second-order valence-electron chi connectivity index (χ2n) is 9.98. The highest BCUT2D eigenvalue weighted by Gasteiger charge is 2.19. The monoisotopic (exact) mass is 594 g/mol. The van der Waals surface area contributed by atoms with E-state index in [2.05, 4.69) is 4.98 Å². The van der Waals surface area contributed by atoms with Crippen molar-refractivity contribution in [3.05, 3.63) is 157 Å². The maximum absolute atomic E-state index is 9.34. The zero-order valence-electron chi connectivity index (χ0n) is 39.0. The first-order valence-electron chi connectivity index (χ1n) is 21.7. The Labute approximate surface area is 281 Å². The lowest BCUT2D eigenvalue weighted by Crippen LogP contribution is -2.09. The van der Waals surface area contributed by atoms with E-state index in [4.69, 9.17) is 25.3 Å². The Balaban J connectivity index is 1.32. The predicted octanol–water partition coefficient (Wildman–Crippen LogP) is 11.7. The van der Waals surface area contributed by atoms with Crippen LogP contribution in [-0.2, 0) is 0 Å². The van der Waals surface area contributed by atoms with E-state index in [1.54, 1.807) is 30.3 Å². The van der Waals surface area contributed by atoms with Gasteiger partial charge in [-0.1, -0.05) is 84.7 Å². The van der Waals surface area contributed by atoms with Gasteiger partial charge in [0.2, 0.25) is 5.89 Å². The fourth-order valence-corrected chi connectivity index (χ4v) is 5.29. The van der Waals surface area contributed by atoms with Gasteiger partial charge in [-0.3, -0.25) is 0 Å². The first-order valence-corrected chi connectivity index (χ1v) is 13.7. The molecule has 4 nitrogen and oxygen atoms in total. The summed E-state index contributed by atoms with van der Waals surface area (Å²) in [6, 6.07) is 5.04. The van der Waals surface area contributed by atoms with E-state index < -0.39 is 130 Å². The number of benzene rings is 7. The van der Waals surface area contributed by atoms with Crippen molar-refractivity contribution in [3.63, 3.8) is 0 Å². The lowest BCUT2D eigenvalue weighted by molar-refractivity contribution is 0.620. The van der Waals surface area contributed by atoms with Gasteiger partial charge in [0.1, 0.15) is 16.7 Å². The number of hydrogen-bond donors (Lipinski definition) is 0. The van der Waals surface area contributed by atoms with Crippen LogP contribution in [-0.4, -0.2) is 4.98 Å². The van der Waals surface area contributed by atoms with Crippen LogP contribution in [0.2, 0.25) is 0 Å². The first kappa shape index (κ1) is 14.1. The summed E-state index contributed by atoms with van der Waals surface area (Å²) < 4.78 is 152. The van der Waals surface area contributed by atoms with Crippen LogP contribution in [0.4, 0.5) is 17.1 Å². The van der Waals surface area contributed by atoms with Gasteiger partial charge in [-0.2, -0.15) is 0 Å². The second-order valence-corrected chi connectivity index (χ2v) is 9.98. The van der Waals surface area contributed by atoms with Crippen LogP contribution in [0, 0.1) is 0 Å². The van der Waals surface area contributed by atoms with Gasteiger partial charge in [0, 0.05) is 39.5 Å². The molecular weight excluding hydrogens is 552 g/mol. The molecule has 0 aliphatic carbocycles. The zero-order valence-corrected chi connectivity index (χ0v) is 23.0. The molecule has 7 aromatic carbocycles. The molecule has 0 unspecified atom stereocenters. The highest BCUT2D eigenvalue weighted by Crippen LogP contribution is 2.41. The normalized spacial score (nSPS) is 16.5. The molecule has 2 heterocycles. The number of fused-ring (bicyclic) bond motifs is 5. The third-order valence-electron chi connectivity index (χ3n) is 7.31. The van der Waals surface area contributed by atoms with E-state index in [1.807, 2.05) is 18.2 Å². The minimum Gasteiger partial charge on any atom is -0.456 e. The van der Waals surface area contributed by atoms with Crippen LogP contribution >= 0.6 is 0 Å². The molecule has 0 fully saturated rings. The van der Waals surface area contributed by atoms with E-state index in [9.17, 15) is 5.48 Å². The maximum Gasteiger partial charge on any atom is 0.228 e. The number of rotatable bonds is 5. The average molecular weight is 595 g/mol. The summed E-state index contributed by atoms with van der Waals surface area (Å²) in [4.78, 5) is 5.64. The average Bonchev–Trinajstić information content (AvgIpc) is 3.86. The Bertz CT molecular complexity index is 3330. The summed E-state index contributed by atoms with van der Waals surface area (Å²) in [5.41, 5.74) is 0.109. The standard InChI is InChI=1S/C41H26N2O2/c1-2-11-31(12-3-1)43(32-21-19-28(20-22-32)30-18-17-27-9-4-5-10-29(27)25-30)33-23-24-34-39(26-33)44-38-16-8-13-35(40(34)38)41-42-36-14-6-7-15-37(36)45-41/h1-26H/i1D,2D,3D,4D,5D,9D,10D,11D,12D,17D,18D,19D,20D,21D,22D,25D. The summed E-state index contributed by atoms with van der Waals surface area (Å²) in [5.74, 6) is 0.319. The molecule has 0 amide bonds. The number of furan rings is 1. The van der Waals surface area contributed by atoms with E-state index in [0.29, 0.717) is 38.9 Å². The molecule has 0 spiro atoms. The maximum atomic E-state index is 9.34. The van der Waals surface area contributed by atoms with Crippen molar-refractivity contribution in [1.29, 1.82) is 0 Å². The topological polar surface area (TPSA) is 42.4 Å². The quantitative estimate of drug-likeness (QED) is 0.199. The van der Waals surface area contributed by atoms with Crippen LogP contribution < -0.4 is 4.90 Å². The van der Waals surface area contributed by atoms with Crippen molar-refractivity contribution in [3.8, 4) is 22.6 Å². The molecule has 0 aliphatic rings. The molecule has 0 radical (unpaired) electrons. The van der Waals surface area contributed by atoms with Gasteiger partial charge in [-0.05, 0) is 88.5 Å². The molecule has 0 atom stereocenters. The van der Waals surface area contributed by atoms with E-state index >= 15 is 0 Å². The van der Waals surface area contributed by atoms with Gasteiger partial charge < -0.3 is 13.7 Å². The van der Waals surface area contributed by atoms with Gasteiger partial charge in [0.25, 0.3) is 0 Å².